The molecule has 0 saturated heterocycles. The van der Waals surface area contributed by atoms with Gasteiger partial charge in [0.25, 0.3) is 0 Å². The van der Waals surface area contributed by atoms with E-state index in [0.717, 1.165) is 27.6 Å². The first-order valence-corrected chi connectivity index (χ1v) is 5.27. The zero-order valence-electron chi connectivity index (χ0n) is 8.62. The number of benzene rings is 1. The molecule has 80 valence electrons. The Morgan fingerprint density at radius 2 is 2.12 bits per heavy atom. The molecule has 0 radical (unpaired) electrons. The summed E-state index contributed by atoms with van der Waals surface area (Å²) in [7, 11) is 1.65. The molecule has 2 aromatic heterocycles. The van der Waals surface area contributed by atoms with E-state index in [9.17, 15) is 0 Å². The minimum atomic E-state index is 0.522. The van der Waals surface area contributed by atoms with Crippen LogP contribution in [0.5, 0.6) is 5.75 Å². The Labute approximate surface area is 97.0 Å². The standard InChI is InChI=1S/C12H9ClN2O/c1-16-7-2-3-8-10(6-7)15-9-4-5-14-12(13)11(8)9/h2-6,15H,1H3. The van der Waals surface area contributed by atoms with E-state index in [1.54, 1.807) is 13.3 Å². The van der Waals surface area contributed by atoms with E-state index in [-0.39, 0.29) is 0 Å². The lowest BCUT2D eigenvalue weighted by atomic mass is 10.2. The van der Waals surface area contributed by atoms with Crippen molar-refractivity contribution in [3.63, 3.8) is 0 Å². The fraction of sp³-hybridized carbons (Fsp3) is 0.0833. The molecule has 0 bridgehead atoms. The maximum Gasteiger partial charge on any atom is 0.138 e. The molecule has 0 spiro atoms. The van der Waals surface area contributed by atoms with Crippen LogP contribution in [0.3, 0.4) is 0 Å². The van der Waals surface area contributed by atoms with Crippen molar-refractivity contribution in [2.24, 2.45) is 0 Å². The van der Waals surface area contributed by atoms with Crippen LogP contribution in [0.1, 0.15) is 0 Å². The molecular weight excluding hydrogens is 224 g/mol. The fourth-order valence-electron chi connectivity index (χ4n) is 1.91. The zero-order valence-corrected chi connectivity index (χ0v) is 9.38. The number of pyridine rings is 1. The van der Waals surface area contributed by atoms with Gasteiger partial charge in [-0.1, -0.05) is 11.6 Å². The second kappa shape index (κ2) is 3.39. The predicted molar refractivity (Wildman–Crippen MR) is 65.2 cm³/mol. The molecule has 2 heterocycles. The molecule has 0 aliphatic heterocycles. The minimum absolute atomic E-state index is 0.522. The summed E-state index contributed by atoms with van der Waals surface area (Å²) in [5, 5.41) is 2.55. The van der Waals surface area contributed by atoms with Gasteiger partial charge in [-0.25, -0.2) is 4.98 Å². The SMILES string of the molecule is COc1ccc2c(c1)[nH]c1ccnc(Cl)c12. The number of fused-ring (bicyclic) bond motifs is 3. The molecule has 4 heteroatoms. The maximum absolute atomic E-state index is 6.09. The Kier molecular flexibility index (Phi) is 2.01. The summed E-state index contributed by atoms with van der Waals surface area (Å²) in [5.74, 6) is 0.822. The third kappa shape index (κ3) is 1.25. The summed E-state index contributed by atoms with van der Waals surface area (Å²) < 4.78 is 5.18. The highest BCUT2D eigenvalue weighted by molar-refractivity contribution is 6.36. The average Bonchev–Trinajstić information content (AvgIpc) is 2.67. The van der Waals surface area contributed by atoms with Crippen molar-refractivity contribution < 1.29 is 4.74 Å². The van der Waals surface area contributed by atoms with Crippen LogP contribution in [0, 0.1) is 0 Å². The van der Waals surface area contributed by atoms with Gasteiger partial charge in [0.15, 0.2) is 0 Å². The molecule has 3 nitrogen and oxygen atoms in total. The van der Waals surface area contributed by atoms with E-state index in [1.807, 2.05) is 24.3 Å². The normalized spacial score (nSPS) is 11.1. The molecule has 0 unspecified atom stereocenters. The molecule has 16 heavy (non-hydrogen) atoms. The van der Waals surface area contributed by atoms with Gasteiger partial charge >= 0.3 is 0 Å². The molecule has 3 rings (SSSR count). The van der Waals surface area contributed by atoms with Gasteiger partial charge in [0.05, 0.1) is 18.1 Å². The zero-order chi connectivity index (χ0) is 11.1. The number of ether oxygens (including phenoxy) is 1. The lowest BCUT2D eigenvalue weighted by Crippen LogP contribution is -1.81. The summed E-state index contributed by atoms with van der Waals surface area (Å²) in [6.07, 6.45) is 1.69. The van der Waals surface area contributed by atoms with Gasteiger partial charge in [-0.15, -0.1) is 0 Å². The lowest BCUT2D eigenvalue weighted by Gasteiger charge is -1.98. The highest BCUT2D eigenvalue weighted by Gasteiger charge is 2.08. The van der Waals surface area contributed by atoms with E-state index in [2.05, 4.69) is 9.97 Å². The monoisotopic (exact) mass is 232 g/mol. The van der Waals surface area contributed by atoms with Crippen LogP contribution in [0.15, 0.2) is 30.5 Å². The Balaban J connectivity index is 2.47. The molecule has 0 aliphatic carbocycles. The first kappa shape index (κ1) is 9.48. The van der Waals surface area contributed by atoms with Crippen LogP contribution in [0.4, 0.5) is 0 Å². The lowest BCUT2D eigenvalue weighted by molar-refractivity contribution is 0.415. The Morgan fingerprint density at radius 3 is 2.94 bits per heavy atom. The van der Waals surface area contributed by atoms with E-state index < -0.39 is 0 Å². The second-order valence-electron chi connectivity index (χ2n) is 3.56. The number of aromatic nitrogens is 2. The highest BCUT2D eigenvalue weighted by Crippen LogP contribution is 2.31. The van der Waals surface area contributed by atoms with Gasteiger partial charge in [-0.3, -0.25) is 0 Å². The fourth-order valence-corrected chi connectivity index (χ4v) is 2.17. The van der Waals surface area contributed by atoms with Gasteiger partial charge in [0.2, 0.25) is 0 Å². The molecule has 0 saturated carbocycles. The largest absolute Gasteiger partial charge is 0.497 e. The van der Waals surface area contributed by atoms with Crippen LogP contribution in [0.2, 0.25) is 5.15 Å². The summed E-state index contributed by atoms with van der Waals surface area (Å²) >= 11 is 6.09. The Morgan fingerprint density at radius 1 is 1.25 bits per heavy atom. The van der Waals surface area contributed by atoms with E-state index in [4.69, 9.17) is 16.3 Å². The number of methoxy groups -OCH3 is 1. The Bertz CT molecular complexity index is 675. The number of nitrogens with one attached hydrogen (secondary N) is 1. The highest BCUT2D eigenvalue weighted by atomic mass is 35.5. The van der Waals surface area contributed by atoms with E-state index in [0.29, 0.717) is 5.15 Å². The Hall–Kier alpha value is -1.74. The molecule has 1 aromatic carbocycles. The van der Waals surface area contributed by atoms with Crippen LogP contribution >= 0.6 is 11.6 Å². The third-order valence-corrected chi connectivity index (χ3v) is 2.96. The molecule has 0 amide bonds. The number of H-pyrrole nitrogens is 1. The molecular formula is C12H9ClN2O. The van der Waals surface area contributed by atoms with E-state index >= 15 is 0 Å². The van der Waals surface area contributed by atoms with Crippen LogP contribution < -0.4 is 4.74 Å². The maximum atomic E-state index is 6.09. The summed E-state index contributed by atoms with van der Waals surface area (Å²) in [5.41, 5.74) is 1.99. The van der Waals surface area contributed by atoms with Crippen LogP contribution in [0.25, 0.3) is 21.8 Å². The van der Waals surface area contributed by atoms with Gasteiger partial charge < -0.3 is 9.72 Å². The summed E-state index contributed by atoms with van der Waals surface area (Å²) in [6, 6.07) is 7.76. The minimum Gasteiger partial charge on any atom is -0.497 e. The van der Waals surface area contributed by atoms with Crippen molar-refractivity contribution in [3.05, 3.63) is 35.6 Å². The predicted octanol–water partition coefficient (Wildman–Crippen LogP) is 3.38. The first-order valence-electron chi connectivity index (χ1n) is 4.89. The molecule has 0 fully saturated rings. The van der Waals surface area contributed by atoms with Gasteiger partial charge in [0.1, 0.15) is 10.9 Å². The second-order valence-corrected chi connectivity index (χ2v) is 3.92. The van der Waals surface area contributed by atoms with Gasteiger partial charge in [-0.05, 0) is 18.2 Å². The molecule has 3 aromatic rings. The van der Waals surface area contributed by atoms with Crippen LogP contribution in [-0.2, 0) is 0 Å². The third-order valence-electron chi connectivity index (χ3n) is 2.67. The van der Waals surface area contributed by atoms with Gasteiger partial charge in [-0.2, -0.15) is 0 Å². The number of hydrogen-bond donors (Lipinski definition) is 1. The molecule has 0 aliphatic rings. The summed E-state index contributed by atoms with van der Waals surface area (Å²) in [4.78, 5) is 7.38. The number of nitrogens with zero attached hydrogens (tertiary/aromatic N) is 1. The van der Waals surface area contributed by atoms with Crippen LogP contribution in [-0.4, -0.2) is 17.1 Å². The van der Waals surface area contributed by atoms with E-state index in [1.165, 1.54) is 0 Å². The van der Waals surface area contributed by atoms with Crippen molar-refractivity contribution in [2.45, 2.75) is 0 Å². The van der Waals surface area contributed by atoms with Crippen molar-refractivity contribution >= 4 is 33.4 Å². The number of hydrogen-bond acceptors (Lipinski definition) is 2. The quantitative estimate of drug-likeness (QED) is 0.653. The average molecular weight is 233 g/mol. The molecule has 1 N–H and O–H groups in total. The topological polar surface area (TPSA) is 37.9 Å². The van der Waals surface area contributed by atoms with Crippen molar-refractivity contribution in [1.82, 2.24) is 9.97 Å². The summed E-state index contributed by atoms with van der Waals surface area (Å²) in [6.45, 7) is 0. The van der Waals surface area contributed by atoms with Crippen molar-refractivity contribution in [2.75, 3.05) is 7.11 Å². The smallest absolute Gasteiger partial charge is 0.138 e. The number of halogens is 1. The molecule has 0 atom stereocenters. The number of aromatic amines is 1. The van der Waals surface area contributed by atoms with Crippen molar-refractivity contribution in [1.29, 1.82) is 0 Å². The van der Waals surface area contributed by atoms with Gasteiger partial charge in [0, 0.05) is 23.0 Å². The van der Waals surface area contributed by atoms with Crippen molar-refractivity contribution in [3.8, 4) is 5.75 Å². The first-order chi connectivity index (χ1) is 7.79. The number of rotatable bonds is 1.